The van der Waals surface area contributed by atoms with Crippen LogP contribution in [0.2, 0.25) is 0 Å². The van der Waals surface area contributed by atoms with Gasteiger partial charge in [-0.15, -0.1) is 22.7 Å². The van der Waals surface area contributed by atoms with E-state index in [4.69, 9.17) is 11.5 Å². The molecule has 3 rings (SSSR count). The molecule has 0 aliphatic rings. The standard InChI is InChI=1S/C14H10F3N3O2S2/c15-14(16,17)13(22,9-5-6(10(18)21)11(19)24-9)12-20-7-3-1-2-4-8(7)23-12/h1-5,22H,19H2,(H2,18,21)/t13-/m0/s1. The number of amides is 1. The van der Waals surface area contributed by atoms with Crippen LogP contribution in [0.3, 0.4) is 0 Å². The van der Waals surface area contributed by atoms with Crippen LogP contribution in [0.4, 0.5) is 18.2 Å². The van der Waals surface area contributed by atoms with E-state index in [0.29, 0.717) is 21.6 Å². The lowest BCUT2D eigenvalue weighted by atomic mass is 10.0. The number of benzene rings is 1. The highest BCUT2D eigenvalue weighted by Crippen LogP contribution is 2.49. The Kier molecular flexibility index (Phi) is 3.78. The maximum atomic E-state index is 13.7. The first-order valence-corrected chi connectivity index (χ1v) is 8.12. The maximum Gasteiger partial charge on any atom is 0.428 e. The number of halogens is 3. The Labute approximate surface area is 141 Å². The molecule has 1 amide bonds. The number of nitrogens with two attached hydrogens (primary N) is 2. The molecular weight excluding hydrogens is 363 g/mol. The molecule has 0 spiro atoms. The van der Waals surface area contributed by atoms with Gasteiger partial charge in [0.25, 0.3) is 5.91 Å². The van der Waals surface area contributed by atoms with Crippen molar-refractivity contribution in [3.05, 3.63) is 45.8 Å². The van der Waals surface area contributed by atoms with Gasteiger partial charge in [-0.3, -0.25) is 4.79 Å². The van der Waals surface area contributed by atoms with E-state index in [9.17, 15) is 23.1 Å². The summed E-state index contributed by atoms with van der Waals surface area (Å²) < 4.78 is 41.6. The molecule has 24 heavy (non-hydrogen) atoms. The van der Waals surface area contributed by atoms with E-state index < -0.39 is 27.6 Å². The first-order chi connectivity index (χ1) is 11.1. The Hall–Kier alpha value is -2.17. The molecule has 3 aromatic rings. The number of aliphatic hydroxyl groups is 1. The lowest BCUT2D eigenvalue weighted by Gasteiger charge is -2.27. The molecule has 0 aliphatic heterocycles. The molecule has 0 fully saturated rings. The Morgan fingerprint density at radius 2 is 1.88 bits per heavy atom. The molecule has 0 aliphatic carbocycles. The summed E-state index contributed by atoms with van der Waals surface area (Å²) in [4.78, 5) is 14.6. The van der Waals surface area contributed by atoms with Gasteiger partial charge in [-0.05, 0) is 18.2 Å². The lowest BCUT2D eigenvalue weighted by Crippen LogP contribution is -2.42. The third-order valence-electron chi connectivity index (χ3n) is 3.40. The first-order valence-electron chi connectivity index (χ1n) is 6.49. The number of thiazole rings is 1. The van der Waals surface area contributed by atoms with Crippen molar-refractivity contribution in [3.63, 3.8) is 0 Å². The number of hydrogen-bond donors (Lipinski definition) is 3. The molecule has 2 aromatic heterocycles. The fraction of sp³-hybridized carbons (Fsp3) is 0.143. The summed E-state index contributed by atoms with van der Waals surface area (Å²) in [5.74, 6) is -0.969. The number of para-hydroxylation sites is 1. The minimum atomic E-state index is -5.06. The predicted molar refractivity (Wildman–Crippen MR) is 85.9 cm³/mol. The number of alkyl halides is 3. The molecular formula is C14H10F3N3O2S2. The molecule has 5 N–H and O–H groups in total. The van der Waals surface area contributed by atoms with Crippen molar-refractivity contribution >= 4 is 43.8 Å². The molecule has 5 nitrogen and oxygen atoms in total. The van der Waals surface area contributed by atoms with Crippen LogP contribution in [0.5, 0.6) is 0 Å². The van der Waals surface area contributed by atoms with Crippen molar-refractivity contribution in [2.45, 2.75) is 11.8 Å². The summed E-state index contributed by atoms with van der Waals surface area (Å²) in [7, 11) is 0. The average Bonchev–Trinajstić information content (AvgIpc) is 3.08. The lowest BCUT2D eigenvalue weighted by molar-refractivity contribution is -0.247. The van der Waals surface area contributed by atoms with Crippen molar-refractivity contribution < 1.29 is 23.1 Å². The van der Waals surface area contributed by atoms with Crippen LogP contribution >= 0.6 is 22.7 Å². The van der Waals surface area contributed by atoms with E-state index >= 15 is 0 Å². The molecule has 0 unspecified atom stereocenters. The number of primary amides is 1. The van der Waals surface area contributed by atoms with Crippen LogP contribution in [0.25, 0.3) is 10.2 Å². The molecule has 1 atom stereocenters. The van der Waals surface area contributed by atoms with Crippen molar-refractivity contribution in [2.24, 2.45) is 5.73 Å². The van der Waals surface area contributed by atoms with Crippen LogP contribution < -0.4 is 11.5 Å². The van der Waals surface area contributed by atoms with Crippen LogP contribution in [0.15, 0.2) is 30.3 Å². The molecule has 0 saturated carbocycles. The number of rotatable bonds is 3. The van der Waals surface area contributed by atoms with Gasteiger partial charge in [0.05, 0.1) is 25.7 Å². The van der Waals surface area contributed by atoms with Gasteiger partial charge in [0, 0.05) is 0 Å². The van der Waals surface area contributed by atoms with Gasteiger partial charge in [-0.2, -0.15) is 13.2 Å². The Morgan fingerprint density at radius 1 is 1.21 bits per heavy atom. The maximum absolute atomic E-state index is 13.7. The fourth-order valence-corrected chi connectivity index (χ4v) is 4.37. The number of carbonyl (C=O) groups excluding carboxylic acids is 1. The number of nitrogens with zero attached hydrogens (tertiary/aromatic N) is 1. The number of thiophene rings is 1. The average molecular weight is 373 g/mol. The quantitative estimate of drug-likeness (QED) is 0.657. The van der Waals surface area contributed by atoms with E-state index in [1.54, 1.807) is 24.3 Å². The Balaban J connectivity index is 2.25. The van der Waals surface area contributed by atoms with Gasteiger partial charge < -0.3 is 16.6 Å². The molecule has 0 bridgehead atoms. The minimum Gasteiger partial charge on any atom is -0.390 e. The molecule has 0 radical (unpaired) electrons. The Bertz CT molecular complexity index is 902. The van der Waals surface area contributed by atoms with Crippen LogP contribution in [-0.2, 0) is 5.60 Å². The van der Waals surface area contributed by atoms with Gasteiger partial charge in [0.2, 0.25) is 5.60 Å². The zero-order valence-electron chi connectivity index (χ0n) is 11.8. The summed E-state index contributed by atoms with van der Waals surface area (Å²) in [6.07, 6.45) is -5.06. The van der Waals surface area contributed by atoms with Crippen molar-refractivity contribution in [2.75, 3.05) is 5.73 Å². The zero-order valence-corrected chi connectivity index (χ0v) is 13.4. The van der Waals surface area contributed by atoms with Gasteiger partial charge in [0.15, 0.2) is 0 Å². The van der Waals surface area contributed by atoms with Crippen molar-refractivity contribution in [1.82, 2.24) is 4.98 Å². The third kappa shape index (κ3) is 2.43. The van der Waals surface area contributed by atoms with Gasteiger partial charge in [-0.1, -0.05) is 12.1 Å². The SMILES string of the molecule is NC(=O)c1cc([C@](O)(c2nc3ccccc3s2)C(F)(F)F)sc1N. The number of carbonyl (C=O) groups is 1. The molecule has 10 heteroatoms. The van der Waals surface area contributed by atoms with Gasteiger partial charge in [0.1, 0.15) is 5.01 Å². The van der Waals surface area contributed by atoms with Crippen molar-refractivity contribution in [1.29, 1.82) is 0 Å². The summed E-state index contributed by atoms with van der Waals surface area (Å²) in [5.41, 5.74) is 7.35. The Morgan fingerprint density at radius 3 is 2.42 bits per heavy atom. The number of aromatic nitrogens is 1. The molecule has 1 aromatic carbocycles. The largest absolute Gasteiger partial charge is 0.428 e. The van der Waals surface area contributed by atoms with E-state index in [1.165, 1.54) is 0 Å². The minimum absolute atomic E-state index is 0.193. The van der Waals surface area contributed by atoms with Gasteiger partial charge >= 0.3 is 6.18 Å². The summed E-state index contributed by atoms with van der Waals surface area (Å²) in [6, 6.07) is 7.30. The number of hydrogen-bond acceptors (Lipinski definition) is 6. The highest BCUT2D eigenvalue weighted by molar-refractivity contribution is 7.19. The van der Waals surface area contributed by atoms with Crippen LogP contribution in [-0.4, -0.2) is 22.2 Å². The summed E-state index contributed by atoms with van der Waals surface area (Å²) in [5, 5.41) is 9.80. The van der Waals surface area contributed by atoms with Crippen LogP contribution in [0, 0.1) is 0 Å². The highest BCUT2D eigenvalue weighted by Gasteiger charge is 2.59. The fourth-order valence-electron chi connectivity index (χ4n) is 2.17. The smallest absolute Gasteiger partial charge is 0.390 e. The molecule has 2 heterocycles. The van der Waals surface area contributed by atoms with E-state index in [-0.39, 0.29) is 10.6 Å². The van der Waals surface area contributed by atoms with Crippen LogP contribution in [0.1, 0.15) is 20.2 Å². The number of anilines is 1. The number of nitrogen functional groups attached to an aromatic ring is 1. The second-order valence-corrected chi connectivity index (χ2v) is 7.06. The zero-order chi connectivity index (χ0) is 17.7. The van der Waals surface area contributed by atoms with E-state index in [1.807, 2.05) is 0 Å². The topological polar surface area (TPSA) is 102 Å². The third-order valence-corrected chi connectivity index (χ3v) is 5.61. The monoisotopic (exact) mass is 373 g/mol. The highest BCUT2D eigenvalue weighted by atomic mass is 32.1. The first kappa shape index (κ1) is 16.7. The van der Waals surface area contributed by atoms with Gasteiger partial charge in [-0.25, -0.2) is 4.98 Å². The molecule has 0 saturated heterocycles. The second kappa shape index (κ2) is 5.43. The van der Waals surface area contributed by atoms with E-state index in [2.05, 4.69) is 4.98 Å². The predicted octanol–water partition coefficient (Wildman–Crippen LogP) is 2.84. The van der Waals surface area contributed by atoms with Crippen molar-refractivity contribution in [3.8, 4) is 0 Å². The summed E-state index contributed by atoms with van der Waals surface area (Å²) >= 11 is 1.17. The normalized spacial score (nSPS) is 14.7. The summed E-state index contributed by atoms with van der Waals surface area (Å²) in [6.45, 7) is 0. The second-order valence-electron chi connectivity index (χ2n) is 4.95. The number of fused-ring (bicyclic) bond motifs is 1. The van der Waals surface area contributed by atoms with E-state index in [0.717, 1.165) is 17.4 Å². The molecule has 126 valence electrons.